The van der Waals surface area contributed by atoms with Crippen LogP contribution in [-0.4, -0.2) is 61.8 Å². The average molecular weight is 274 g/mol. The normalized spacial score (nSPS) is 14.8. The number of rotatable bonds is 4. The second kappa shape index (κ2) is 8.44. The number of phenols is 2. The Hall–Kier alpha value is -1.67. The molecular formula is C12H18O7. The molecule has 0 saturated carbocycles. The van der Waals surface area contributed by atoms with E-state index in [2.05, 4.69) is 0 Å². The van der Waals surface area contributed by atoms with Gasteiger partial charge in [0.2, 0.25) is 0 Å². The molecule has 3 atom stereocenters. The molecule has 0 fully saturated rings. The lowest BCUT2D eigenvalue weighted by Crippen LogP contribution is -2.40. The van der Waals surface area contributed by atoms with Crippen molar-refractivity contribution in [2.75, 3.05) is 6.61 Å². The molecule has 0 unspecified atom stereocenters. The van der Waals surface area contributed by atoms with E-state index in [-0.39, 0.29) is 17.8 Å². The van der Waals surface area contributed by atoms with Gasteiger partial charge in [0.05, 0.1) is 6.61 Å². The minimum absolute atomic E-state index is 0.0869. The van der Waals surface area contributed by atoms with Crippen molar-refractivity contribution in [3.05, 3.63) is 23.8 Å². The van der Waals surface area contributed by atoms with Crippen molar-refractivity contribution in [3.63, 3.8) is 0 Å². The van der Waals surface area contributed by atoms with Crippen LogP contribution in [0.1, 0.15) is 5.56 Å². The molecule has 0 aromatic heterocycles. The van der Waals surface area contributed by atoms with E-state index in [0.29, 0.717) is 0 Å². The Morgan fingerprint density at radius 2 is 1.58 bits per heavy atom. The van der Waals surface area contributed by atoms with E-state index >= 15 is 0 Å². The van der Waals surface area contributed by atoms with Crippen molar-refractivity contribution in [2.24, 2.45) is 0 Å². The predicted molar refractivity (Wildman–Crippen MR) is 65.7 cm³/mol. The number of carbonyl (C=O) groups is 1. The van der Waals surface area contributed by atoms with Gasteiger partial charge in [0.15, 0.2) is 6.29 Å². The SMILES string of the molecule is Cc1cc(O)cc(O)c1.O=C[C@H](O)[C@H](O)[C@H](O)CO. The van der Waals surface area contributed by atoms with E-state index in [1.807, 2.05) is 0 Å². The number of hydrogen-bond donors (Lipinski definition) is 6. The summed E-state index contributed by atoms with van der Waals surface area (Å²) in [5.74, 6) is 0.208. The molecule has 0 aliphatic rings. The monoisotopic (exact) mass is 274 g/mol. The highest BCUT2D eigenvalue weighted by molar-refractivity contribution is 5.56. The second-order valence-electron chi connectivity index (χ2n) is 3.89. The minimum atomic E-state index is -1.64. The lowest BCUT2D eigenvalue weighted by molar-refractivity contribution is -0.127. The van der Waals surface area contributed by atoms with Crippen LogP contribution >= 0.6 is 0 Å². The average Bonchev–Trinajstić information content (AvgIpc) is 2.35. The van der Waals surface area contributed by atoms with Crippen LogP contribution in [0.5, 0.6) is 11.5 Å². The molecule has 19 heavy (non-hydrogen) atoms. The third-order valence-corrected chi connectivity index (χ3v) is 2.12. The molecule has 0 aliphatic carbocycles. The van der Waals surface area contributed by atoms with Gasteiger partial charge in [-0.2, -0.15) is 0 Å². The highest BCUT2D eigenvalue weighted by Crippen LogP contribution is 2.18. The van der Waals surface area contributed by atoms with Crippen LogP contribution in [0.25, 0.3) is 0 Å². The topological polar surface area (TPSA) is 138 Å². The first kappa shape index (κ1) is 17.3. The zero-order valence-corrected chi connectivity index (χ0v) is 10.3. The molecule has 0 aliphatic heterocycles. The maximum Gasteiger partial charge on any atom is 0.151 e. The number of aldehydes is 1. The Labute approximate surface area is 110 Å². The van der Waals surface area contributed by atoms with Crippen LogP contribution in [0.15, 0.2) is 18.2 Å². The fourth-order valence-electron chi connectivity index (χ4n) is 1.16. The van der Waals surface area contributed by atoms with Gasteiger partial charge in [0.1, 0.15) is 29.8 Å². The molecular weight excluding hydrogens is 256 g/mol. The van der Waals surface area contributed by atoms with Gasteiger partial charge in [-0.15, -0.1) is 0 Å². The Balaban J connectivity index is 0.000000342. The van der Waals surface area contributed by atoms with Crippen LogP contribution in [-0.2, 0) is 4.79 Å². The van der Waals surface area contributed by atoms with E-state index in [4.69, 9.17) is 30.6 Å². The number of aliphatic hydroxyl groups is 4. The first-order valence-electron chi connectivity index (χ1n) is 5.41. The van der Waals surface area contributed by atoms with Gasteiger partial charge in [0, 0.05) is 6.07 Å². The molecule has 7 nitrogen and oxygen atoms in total. The quantitative estimate of drug-likeness (QED) is 0.374. The number of aryl methyl sites for hydroxylation is 1. The van der Waals surface area contributed by atoms with E-state index < -0.39 is 24.9 Å². The largest absolute Gasteiger partial charge is 0.508 e. The number of aliphatic hydroxyl groups excluding tert-OH is 4. The molecule has 0 spiro atoms. The van der Waals surface area contributed by atoms with Gasteiger partial charge in [0.25, 0.3) is 0 Å². The predicted octanol–water partition coefficient (Wildman–Crippen LogP) is -1.33. The number of phenolic OH excluding ortho intramolecular Hbond substituents is 2. The molecule has 1 aromatic rings. The number of benzene rings is 1. The zero-order valence-electron chi connectivity index (χ0n) is 10.3. The lowest BCUT2D eigenvalue weighted by atomic mass is 10.1. The number of aromatic hydroxyl groups is 2. The smallest absolute Gasteiger partial charge is 0.151 e. The van der Waals surface area contributed by atoms with Crippen molar-refractivity contribution >= 4 is 6.29 Å². The number of hydrogen-bond acceptors (Lipinski definition) is 7. The molecule has 0 heterocycles. The fraction of sp³-hybridized carbons (Fsp3) is 0.417. The molecule has 0 radical (unpaired) electrons. The van der Waals surface area contributed by atoms with Crippen LogP contribution in [0.2, 0.25) is 0 Å². The van der Waals surface area contributed by atoms with Crippen LogP contribution in [0, 0.1) is 6.92 Å². The summed E-state index contributed by atoms with van der Waals surface area (Å²) in [5, 5.41) is 51.7. The first-order valence-corrected chi connectivity index (χ1v) is 5.41. The molecule has 0 bridgehead atoms. The molecule has 0 amide bonds. The van der Waals surface area contributed by atoms with Gasteiger partial charge in [-0.3, -0.25) is 0 Å². The Bertz CT molecular complexity index is 343. The lowest BCUT2D eigenvalue weighted by Gasteiger charge is -2.16. The third-order valence-electron chi connectivity index (χ3n) is 2.12. The summed E-state index contributed by atoms with van der Waals surface area (Å²) >= 11 is 0. The fourth-order valence-corrected chi connectivity index (χ4v) is 1.16. The van der Waals surface area contributed by atoms with Gasteiger partial charge in [-0.05, 0) is 24.6 Å². The van der Waals surface area contributed by atoms with Crippen molar-refractivity contribution in [1.82, 2.24) is 0 Å². The van der Waals surface area contributed by atoms with Crippen molar-refractivity contribution < 1.29 is 35.4 Å². The van der Waals surface area contributed by atoms with E-state index in [0.717, 1.165) is 5.56 Å². The standard InChI is InChI=1S/C7H8O2.C5H10O5/c1-5-2-6(8)4-7(9)3-5;6-1-3(8)5(10)4(9)2-7/h2-4,8-9H,1H3;1,3-5,7-10H,2H2/t;3-,4+,5-/m.0/s1. The summed E-state index contributed by atoms with van der Waals surface area (Å²) in [7, 11) is 0. The van der Waals surface area contributed by atoms with E-state index in [1.165, 1.54) is 6.07 Å². The summed E-state index contributed by atoms with van der Waals surface area (Å²) in [6.07, 6.45) is -4.63. The van der Waals surface area contributed by atoms with Crippen LogP contribution in [0.4, 0.5) is 0 Å². The highest BCUT2D eigenvalue weighted by Gasteiger charge is 2.22. The molecule has 7 heteroatoms. The van der Waals surface area contributed by atoms with Crippen LogP contribution in [0.3, 0.4) is 0 Å². The van der Waals surface area contributed by atoms with Crippen molar-refractivity contribution in [3.8, 4) is 11.5 Å². The Kier molecular flexibility index (Phi) is 7.69. The molecule has 108 valence electrons. The summed E-state index contributed by atoms with van der Waals surface area (Å²) in [5.41, 5.74) is 0.854. The van der Waals surface area contributed by atoms with Crippen molar-refractivity contribution in [2.45, 2.75) is 25.2 Å². The van der Waals surface area contributed by atoms with Crippen LogP contribution < -0.4 is 0 Å². The summed E-state index contributed by atoms with van der Waals surface area (Å²) in [6, 6.07) is 4.46. The van der Waals surface area contributed by atoms with Gasteiger partial charge < -0.3 is 35.4 Å². The number of carbonyl (C=O) groups excluding carboxylic acids is 1. The van der Waals surface area contributed by atoms with Gasteiger partial charge in [-0.1, -0.05) is 0 Å². The summed E-state index contributed by atoms with van der Waals surface area (Å²) in [6.45, 7) is 1.12. The Morgan fingerprint density at radius 1 is 1.11 bits per heavy atom. The molecule has 1 rings (SSSR count). The molecule has 1 aromatic carbocycles. The second-order valence-corrected chi connectivity index (χ2v) is 3.89. The van der Waals surface area contributed by atoms with E-state index in [1.54, 1.807) is 19.1 Å². The summed E-state index contributed by atoms with van der Waals surface area (Å²) in [4.78, 5) is 9.76. The zero-order chi connectivity index (χ0) is 15.0. The maximum absolute atomic E-state index is 9.76. The summed E-state index contributed by atoms with van der Waals surface area (Å²) < 4.78 is 0. The molecule has 0 saturated heterocycles. The highest BCUT2D eigenvalue weighted by atomic mass is 16.4. The minimum Gasteiger partial charge on any atom is -0.508 e. The third kappa shape index (κ3) is 6.73. The molecule has 6 N–H and O–H groups in total. The Morgan fingerprint density at radius 3 is 1.89 bits per heavy atom. The maximum atomic E-state index is 9.76. The van der Waals surface area contributed by atoms with Gasteiger partial charge in [-0.25, -0.2) is 0 Å². The van der Waals surface area contributed by atoms with Gasteiger partial charge >= 0.3 is 0 Å². The van der Waals surface area contributed by atoms with E-state index in [9.17, 15) is 4.79 Å². The van der Waals surface area contributed by atoms with Crippen molar-refractivity contribution in [1.29, 1.82) is 0 Å². The first-order chi connectivity index (χ1) is 8.81.